The first-order valence-electron chi connectivity index (χ1n) is 3.62. The first kappa shape index (κ1) is 9.05. The third-order valence-electron chi connectivity index (χ3n) is 1.47. The van der Waals surface area contributed by atoms with E-state index in [1.165, 1.54) is 7.11 Å². The molecule has 0 unspecified atom stereocenters. The van der Waals surface area contributed by atoms with Crippen molar-refractivity contribution in [2.24, 2.45) is 0 Å². The summed E-state index contributed by atoms with van der Waals surface area (Å²) in [6.45, 7) is 0. The van der Waals surface area contributed by atoms with Gasteiger partial charge in [-0.1, -0.05) is 0 Å². The molecule has 0 fully saturated rings. The second-order valence-electron chi connectivity index (χ2n) is 2.27. The normalized spacial score (nSPS) is 10.0. The smallest absolute Gasteiger partial charge is 0.208 e. The monoisotopic (exact) mass is 173 g/mol. The largest absolute Gasteiger partial charge is 0.601 e. The lowest BCUT2D eigenvalue weighted by Gasteiger charge is -2.00. The van der Waals surface area contributed by atoms with E-state index in [-0.39, 0.29) is 0 Å². The van der Waals surface area contributed by atoms with Gasteiger partial charge in [-0.3, -0.25) is 0 Å². The average Bonchev–Trinajstić information content (AvgIpc) is 2.18. The number of hydrogen-bond acceptors (Lipinski definition) is 3. The Morgan fingerprint density at radius 2 is 2.23 bits per heavy atom. The molecule has 0 amide bonds. The number of nitrogens with zero attached hydrogens (tertiary/aromatic N) is 1. The van der Waals surface area contributed by atoms with Crippen LogP contribution in [-0.4, -0.2) is 7.11 Å². The Bertz CT molecular complexity index is 363. The van der Waals surface area contributed by atoms with E-state index in [9.17, 15) is 5.11 Å². The average molecular weight is 173 g/mol. The minimum atomic E-state index is -0.581. The zero-order valence-electron chi connectivity index (χ0n) is 7.07. The number of methoxy groups -OCH3 is 1. The molecule has 64 valence electrons. The van der Waals surface area contributed by atoms with Crippen LogP contribution in [0.4, 0.5) is 0 Å². The van der Waals surface area contributed by atoms with Gasteiger partial charge in [0.05, 0.1) is 12.1 Å². The summed E-state index contributed by atoms with van der Waals surface area (Å²) in [4.78, 5) is 0. The van der Waals surface area contributed by atoms with E-state index < -0.39 is 5.95 Å². The van der Waals surface area contributed by atoms with Crippen molar-refractivity contribution in [2.45, 2.75) is 0 Å². The Kier molecular flexibility index (Phi) is 2.86. The molecule has 1 aromatic rings. The number of hydrogen-bond donors (Lipinski definition) is 0. The number of benzene rings is 1. The molecule has 0 radical (unpaired) electrons. The fourth-order valence-electron chi connectivity index (χ4n) is 0.851. The van der Waals surface area contributed by atoms with Crippen molar-refractivity contribution in [3.05, 3.63) is 47.4 Å². The van der Waals surface area contributed by atoms with Gasteiger partial charge in [0.25, 0.3) is 0 Å². The Labute approximate surface area is 76.5 Å². The zero-order valence-corrected chi connectivity index (χ0v) is 7.07. The number of rotatable bonds is 2. The van der Waals surface area contributed by atoms with Crippen LogP contribution in [0.2, 0.25) is 0 Å². The lowest BCUT2D eigenvalue weighted by atomic mass is 10.1. The summed E-state index contributed by atoms with van der Waals surface area (Å²) in [5.74, 6) is -0.581. The van der Waals surface area contributed by atoms with E-state index in [4.69, 9.17) is 5.26 Å². The van der Waals surface area contributed by atoms with Gasteiger partial charge >= 0.3 is 0 Å². The second kappa shape index (κ2) is 4.10. The van der Waals surface area contributed by atoms with Crippen LogP contribution in [-0.2, 0) is 4.74 Å². The fraction of sp³-hybridized carbons (Fsp3) is 0.100. The van der Waals surface area contributed by atoms with Gasteiger partial charge in [-0.25, -0.2) is 0 Å². The van der Waals surface area contributed by atoms with Crippen molar-refractivity contribution in [3.63, 3.8) is 0 Å². The fourth-order valence-corrected chi connectivity index (χ4v) is 0.851. The van der Waals surface area contributed by atoms with Gasteiger partial charge in [0.15, 0.2) is 17.6 Å². The molecule has 0 atom stereocenters. The Morgan fingerprint density at radius 1 is 1.54 bits per heavy atom. The Balaban J connectivity index is 3.09. The minimum Gasteiger partial charge on any atom is -0.601 e. The number of nitriles is 1. The summed E-state index contributed by atoms with van der Waals surface area (Å²) in [7, 11) is 1.27. The van der Waals surface area contributed by atoms with E-state index in [1.54, 1.807) is 24.3 Å². The summed E-state index contributed by atoms with van der Waals surface area (Å²) >= 11 is 0. The second-order valence-corrected chi connectivity index (χ2v) is 2.27. The standard InChI is InChI=1S/C10H7NO2/c1-13-10(12)6-8-4-2-3-5-9(8)7-11/h2-5H,1H3. The molecular weight excluding hydrogens is 166 g/mol. The van der Waals surface area contributed by atoms with Crippen molar-refractivity contribution in [3.8, 4) is 6.07 Å². The number of ether oxygens (including phenoxy) is 1. The van der Waals surface area contributed by atoms with Crippen molar-refractivity contribution in [1.29, 1.82) is 5.26 Å². The molecule has 13 heavy (non-hydrogen) atoms. The highest BCUT2D eigenvalue weighted by Crippen LogP contribution is 2.07. The molecule has 0 saturated heterocycles. The zero-order chi connectivity index (χ0) is 9.68. The lowest BCUT2D eigenvalue weighted by molar-refractivity contribution is -0.354. The van der Waals surface area contributed by atoms with Gasteiger partial charge in [-0.05, 0) is 19.2 Å². The quantitative estimate of drug-likeness (QED) is 0.485. The molecule has 0 spiro atoms. The molecule has 0 heterocycles. The van der Waals surface area contributed by atoms with Crippen molar-refractivity contribution in [1.82, 2.24) is 0 Å². The molecular formula is C10H7NO2. The van der Waals surface area contributed by atoms with Gasteiger partial charge in [-0.15, -0.1) is 0 Å². The molecule has 0 aliphatic carbocycles. The first-order valence-corrected chi connectivity index (χ1v) is 3.62. The summed E-state index contributed by atoms with van der Waals surface area (Å²) < 4.78 is 4.39. The minimum absolute atomic E-state index is 0.410. The highest BCUT2D eigenvalue weighted by Gasteiger charge is 2.07. The predicted molar refractivity (Wildman–Crippen MR) is 44.0 cm³/mol. The first-order chi connectivity index (χ1) is 6.27. The van der Waals surface area contributed by atoms with Crippen LogP contribution in [0.25, 0.3) is 0 Å². The van der Waals surface area contributed by atoms with Crippen LogP contribution in [0.15, 0.2) is 30.2 Å². The molecule has 3 nitrogen and oxygen atoms in total. The Morgan fingerprint density at radius 3 is 2.85 bits per heavy atom. The maximum Gasteiger partial charge on any atom is 0.208 e. The third kappa shape index (κ3) is 2.19. The van der Waals surface area contributed by atoms with Gasteiger partial charge in [0.1, 0.15) is 0 Å². The molecule has 1 rings (SSSR count). The predicted octanol–water partition coefficient (Wildman–Crippen LogP) is 0.558. The summed E-state index contributed by atoms with van der Waals surface area (Å²) in [6.07, 6.45) is 2.43. The maximum atomic E-state index is 10.8. The van der Waals surface area contributed by atoms with Gasteiger partial charge in [0, 0.05) is 6.07 Å². The van der Waals surface area contributed by atoms with E-state index >= 15 is 0 Å². The van der Waals surface area contributed by atoms with Crippen LogP contribution in [0, 0.1) is 17.4 Å². The molecule has 0 saturated carbocycles. The lowest BCUT2D eigenvalue weighted by Crippen LogP contribution is -2.06. The summed E-state index contributed by atoms with van der Waals surface area (Å²) in [6, 6.07) is 8.66. The molecule has 0 bridgehead atoms. The third-order valence-corrected chi connectivity index (χ3v) is 1.47. The Hall–Kier alpha value is -2.04. The summed E-state index contributed by atoms with van der Waals surface area (Å²) in [5.41, 5.74) is 0.866. The van der Waals surface area contributed by atoms with Crippen molar-refractivity contribution < 1.29 is 9.84 Å². The van der Waals surface area contributed by atoms with Gasteiger partial charge in [-0.2, -0.15) is 5.26 Å². The van der Waals surface area contributed by atoms with E-state index in [0.29, 0.717) is 11.1 Å². The van der Waals surface area contributed by atoms with Crippen LogP contribution in [0.1, 0.15) is 11.1 Å². The maximum absolute atomic E-state index is 10.8. The highest BCUT2D eigenvalue weighted by atomic mass is 16.6. The van der Waals surface area contributed by atoms with Crippen LogP contribution < -0.4 is 5.11 Å². The van der Waals surface area contributed by atoms with Gasteiger partial charge < -0.3 is 9.84 Å². The van der Waals surface area contributed by atoms with Crippen molar-refractivity contribution >= 4 is 0 Å². The molecule has 0 aromatic heterocycles. The SMILES string of the molecule is COC([O-])=[C+]c1ccccc1C#N. The topological polar surface area (TPSA) is 56.1 Å². The molecule has 0 N–H and O–H groups in total. The van der Waals surface area contributed by atoms with E-state index in [0.717, 1.165) is 0 Å². The highest BCUT2D eigenvalue weighted by molar-refractivity contribution is 5.40. The summed E-state index contributed by atoms with van der Waals surface area (Å²) in [5, 5.41) is 19.5. The van der Waals surface area contributed by atoms with Crippen LogP contribution in [0.3, 0.4) is 0 Å². The molecule has 3 heteroatoms. The molecule has 1 aromatic carbocycles. The van der Waals surface area contributed by atoms with Gasteiger partial charge in [0.2, 0.25) is 5.56 Å². The van der Waals surface area contributed by atoms with E-state index in [1.807, 2.05) is 6.07 Å². The molecule has 0 aliphatic rings. The van der Waals surface area contributed by atoms with E-state index in [2.05, 4.69) is 10.8 Å². The van der Waals surface area contributed by atoms with Crippen molar-refractivity contribution in [2.75, 3.05) is 7.11 Å². The molecule has 0 aliphatic heterocycles. The van der Waals surface area contributed by atoms with Crippen LogP contribution in [0.5, 0.6) is 0 Å². The van der Waals surface area contributed by atoms with Crippen LogP contribution >= 0.6 is 0 Å².